The molecule has 0 unspecified atom stereocenters. The molecular formula is C10H8N2O2. The number of hydrogen-bond acceptors (Lipinski definition) is 3. The summed E-state index contributed by atoms with van der Waals surface area (Å²) in [5.74, 6) is -0.917. The lowest BCUT2D eigenvalue weighted by atomic mass is 10.0. The van der Waals surface area contributed by atoms with E-state index in [-0.39, 0.29) is 5.56 Å². The van der Waals surface area contributed by atoms with Crippen molar-refractivity contribution in [2.24, 2.45) is 10.2 Å². The van der Waals surface area contributed by atoms with E-state index in [0.29, 0.717) is 6.54 Å². The van der Waals surface area contributed by atoms with Gasteiger partial charge in [-0.2, -0.15) is 10.2 Å². The van der Waals surface area contributed by atoms with E-state index in [1.165, 1.54) is 0 Å². The molecule has 0 bridgehead atoms. The first-order valence-electron chi connectivity index (χ1n) is 4.17. The van der Waals surface area contributed by atoms with Crippen LogP contribution in [-0.4, -0.2) is 17.6 Å². The van der Waals surface area contributed by atoms with Crippen molar-refractivity contribution in [2.45, 2.75) is 0 Å². The second kappa shape index (κ2) is 3.41. The Kier molecular flexibility index (Phi) is 2.10. The van der Waals surface area contributed by atoms with Crippen molar-refractivity contribution in [1.29, 1.82) is 0 Å². The summed E-state index contributed by atoms with van der Waals surface area (Å²) >= 11 is 0. The van der Waals surface area contributed by atoms with Crippen LogP contribution in [-0.2, 0) is 0 Å². The second-order valence-corrected chi connectivity index (χ2v) is 2.96. The zero-order valence-electron chi connectivity index (χ0n) is 7.34. The second-order valence-electron chi connectivity index (χ2n) is 2.96. The lowest BCUT2D eigenvalue weighted by Gasteiger charge is -2.01. The van der Waals surface area contributed by atoms with Gasteiger partial charge in [-0.15, -0.1) is 0 Å². The highest BCUT2D eigenvalue weighted by molar-refractivity contribution is 5.89. The summed E-state index contributed by atoms with van der Waals surface area (Å²) in [6.07, 6.45) is 1.65. The first-order chi connectivity index (χ1) is 6.77. The Labute approximate surface area is 80.6 Å². The summed E-state index contributed by atoms with van der Waals surface area (Å²) in [5.41, 5.74) is 2.11. The Balaban J connectivity index is 2.35. The van der Waals surface area contributed by atoms with Gasteiger partial charge in [0, 0.05) is 5.57 Å². The Hall–Kier alpha value is -1.97. The van der Waals surface area contributed by atoms with E-state index >= 15 is 0 Å². The number of carboxylic acid groups (broad SMARTS) is 1. The van der Waals surface area contributed by atoms with Crippen LogP contribution in [0.25, 0.3) is 5.57 Å². The summed E-state index contributed by atoms with van der Waals surface area (Å²) in [4.78, 5) is 10.7. The van der Waals surface area contributed by atoms with Crippen LogP contribution in [0.15, 0.2) is 40.7 Å². The minimum absolute atomic E-state index is 0.287. The standard InChI is InChI=1S/C10H8N2O2/c13-10(14)8-3-1-2-7(4-8)9-5-11-12-6-9/h1-5H,6H2,(H,13,14). The average Bonchev–Trinajstić information content (AvgIpc) is 2.71. The molecule has 1 aromatic rings. The highest BCUT2D eigenvalue weighted by Crippen LogP contribution is 2.20. The first-order valence-corrected chi connectivity index (χ1v) is 4.17. The van der Waals surface area contributed by atoms with Crippen LogP contribution in [0.3, 0.4) is 0 Å². The van der Waals surface area contributed by atoms with Gasteiger partial charge in [-0.3, -0.25) is 0 Å². The summed E-state index contributed by atoms with van der Waals surface area (Å²) in [7, 11) is 0. The third-order valence-corrected chi connectivity index (χ3v) is 2.02. The number of azo groups is 1. The Morgan fingerprint density at radius 1 is 1.43 bits per heavy atom. The number of nitrogens with zero attached hydrogens (tertiary/aromatic N) is 2. The SMILES string of the molecule is O=C(O)c1cccc(C2=CN=NC2)c1. The van der Waals surface area contributed by atoms with Gasteiger partial charge >= 0.3 is 5.97 Å². The molecule has 70 valence electrons. The highest BCUT2D eigenvalue weighted by atomic mass is 16.4. The lowest BCUT2D eigenvalue weighted by Crippen LogP contribution is -1.97. The third kappa shape index (κ3) is 1.54. The maximum Gasteiger partial charge on any atom is 0.335 e. The van der Waals surface area contributed by atoms with Crippen LogP contribution in [0.1, 0.15) is 15.9 Å². The van der Waals surface area contributed by atoms with Gasteiger partial charge in [0.1, 0.15) is 0 Å². The number of carboxylic acids is 1. The van der Waals surface area contributed by atoms with Gasteiger partial charge < -0.3 is 5.11 Å². The molecule has 0 aromatic heterocycles. The molecule has 1 N–H and O–H groups in total. The first kappa shape index (κ1) is 8.62. The highest BCUT2D eigenvalue weighted by Gasteiger charge is 2.08. The summed E-state index contributed by atoms with van der Waals surface area (Å²) in [6, 6.07) is 6.77. The van der Waals surface area contributed by atoms with Crippen LogP contribution in [0.2, 0.25) is 0 Å². The summed E-state index contributed by atoms with van der Waals surface area (Å²) in [5, 5.41) is 16.3. The normalized spacial score (nSPS) is 14.1. The molecule has 0 radical (unpaired) electrons. The molecule has 2 rings (SSSR count). The Morgan fingerprint density at radius 3 is 2.93 bits per heavy atom. The van der Waals surface area contributed by atoms with Crippen molar-refractivity contribution in [3.8, 4) is 0 Å². The number of benzene rings is 1. The molecule has 1 aliphatic rings. The van der Waals surface area contributed by atoms with Crippen LogP contribution < -0.4 is 0 Å². The molecule has 0 spiro atoms. The molecule has 1 aromatic carbocycles. The topological polar surface area (TPSA) is 62.0 Å². The predicted octanol–water partition coefficient (Wildman–Crippen LogP) is 2.19. The van der Waals surface area contributed by atoms with E-state index in [9.17, 15) is 4.79 Å². The van der Waals surface area contributed by atoms with E-state index in [1.807, 2.05) is 6.07 Å². The lowest BCUT2D eigenvalue weighted by molar-refractivity contribution is 0.0697. The molecule has 0 amide bonds. The van der Waals surface area contributed by atoms with Crippen molar-refractivity contribution in [1.82, 2.24) is 0 Å². The fourth-order valence-electron chi connectivity index (χ4n) is 1.29. The molecule has 4 heteroatoms. The van der Waals surface area contributed by atoms with Gasteiger partial charge in [0.05, 0.1) is 18.3 Å². The Bertz CT molecular complexity index is 436. The van der Waals surface area contributed by atoms with Crippen LogP contribution in [0.5, 0.6) is 0 Å². The van der Waals surface area contributed by atoms with Gasteiger partial charge in [0.25, 0.3) is 0 Å². The molecular weight excluding hydrogens is 180 g/mol. The van der Waals surface area contributed by atoms with Crippen LogP contribution >= 0.6 is 0 Å². The molecule has 0 fully saturated rings. The minimum Gasteiger partial charge on any atom is -0.478 e. The molecule has 1 aliphatic heterocycles. The van der Waals surface area contributed by atoms with Gasteiger partial charge in [0.2, 0.25) is 0 Å². The smallest absolute Gasteiger partial charge is 0.335 e. The molecule has 0 aliphatic carbocycles. The molecule has 1 heterocycles. The number of rotatable bonds is 2. The van der Waals surface area contributed by atoms with Crippen molar-refractivity contribution < 1.29 is 9.90 Å². The Morgan fingerprint density at radius 2 is 2.29 bits per heavy atom. The van der Waals surface area contributed by atoms with Crippen molar-refractivity contribution in [2.75, 3.05) is 6.54 Å². The van der Waals surface area contributed by atoms with Gasteiger partial charge in [-0.1, -0.05) is 12.1 Å². The molecule has 14 heavy (non-hydrogen) atoms. The van der Waals surface area contributed by atoms with Crippen molar-refractivity contribution >= 4 is 11.5 Å². The maximum absolute atomic E-state index is 10.7. The average molecular weight is 188 g/mol. The summed E-state index contributed by atoms with van der Waals surface area (Å²) < 4.78 is 0. The number of hydrogen-bond donors (Lipinski definition) is 1. The largest absolute Gasteiger partial charge is 0.478 e. The number of aromatic carboxylic acids is 1. The van der Waals surface area contributed by atoms with Crippen LogP contribution in [0.4, 0.5) is 0 Å². The van der Waals surface area contributed by atoms with E-state index in [1.54, 1.807) is 24.4 Å². The molecule has 0 saturated carbocycles. The van der Waals surface area contributed by atoms with E-state index in [4.69, 9.17) is 5.11 Å². The van der Waals surface area contributed by atoms with E-state index in [2.05, 4.69) is 10.2 Å². The molecule has 0 atom stereocenters. The third-order valence-electron chi connectivity index (χ3n) is 2.02. The zero-order chi connectivity index (χ0) is 9.97. The van der Waals surface area contributed by atoms with Crippen LogP contribution in [0, 0.1) is 0 Å². The minimum atomic E-state index is -0.917. The summed E-state index contributed by atoms with van der Waals surface area (Å²) in [6.45, 7) is 0.531. The number of carbonyl (C=O) groups is 1. The van der Waals surface area contributed by atoms with Gasteiger partial charge in [-0.25, -0.2) is 4.79 Å². The van der Waals surface area contributed by atoms with Crippen molar-refractivity contribution in [3.63, 3.8) is 0 Å². The fourth-order valence-corrected chi connectivity index (χ4v) is 1.29. The van der Waals surface area contributed by atoms with Gasteiger partial charge in [-0.05, 0) is 17.7 Å². The monoisotopic (exact) mass is 188 g/mol. The van der Waals surface area contributed by atoms with Gasteiger partial charge in [0.15, 0.2) is 0 Å². The van der Waals surface area contributed by atoms with E-state index < -0.39 is 5.97 Å². The molecule has 0 saturated heterocycles. The van der Waals surface area contributed by atoms with Crippen molar-refractivity contribution in [3.05, 3.63) is 41.6 Å². The zero-order valence-corrected chi connectivity index (χ0v) is 7.34. The molecule has 4 nitrogen and oxygen atoms in total. The quantitative estimate of drug-likeness (QED) is 0.773. The maximum atomic E-state index is 10.7. The predicted molar refractivity (Wildman–Crippen MR) is 51.1 cm³/mol. The van der Waals surface area contributed by atoms with E-state index in [0.717, 1.165) is 11.1 Å². The fraction of sp³-hybridized carbons (Fsp3) is 0.100.